The number of primary amides is 1. The molecule has 130 valence electrons. The van der Waals surface area contributed by atoms with Gasteiger partial charge in [-0.2, -0.15) is 0 Å². The standard InChI is InChI=1S/C19H21N3O3/c20-18(23)14-3-1-13(2-4-14)16-5-6-17(25-16)19(24)22-12-11-21-9-7-15(22)8-10-21/h1-6,15H,7-12H2,(H2,20,23). The van der Waals surface area contributed by atoms with Gasteiger partial charge in [0.25, 0.3) is 5.91 Å². The van der Waals surface area contributed by atoms with E-state index in [2.05, 4.69) is 4.90 Å². The first-order valence-corrected chi connectivity index (χ1v) is 8.65. The topological polar surface area (TPSA) is 79.8 Å². The summed E-state index contributed by atoms with van der Waals surface area (Å²) in [7, 11) is 0. The Labute approximate surface area is 146 Å². The van der Waals surface area contributed by atoms with E-state index in [1.807, 2.05) is 4.90 Å². The third-order valence-corrected chi connectivity index (χ3v) is 5.19. The molecule has 2 aromatic rings. The number of hydrogen-bond donors (Lipinski definition) is 1. The van der Waals surface area contributed by atoms with Crippen molar-refractivity contribution in [3.05, 3.63) is 47.7 Å². The van der Waals surface area contributed by atoms with Crippen LogP contribution >= 0.6 is 0 Å². The van der Waals surface area contributed by atoms with Gasteiger partial charge in [-0.25, -0.2) is 0 Å². The van der Waals surface area contributed by atoms with Gasteiger partial charge in [-0.15, -0.1) is 0 Å². The van der Waals surface area contributed by atoms with Crippen molar-refractivity contribution in [1.29, 1.82) is 0 Å². The molecule has 5 rings (SSSR count). The van der Waals surface area contributed by atoms with Crippen LogP contribution in [0.4, 0.5) is 0 Å². The summed E-state index contributed by atoms with van der Waals surface area (Å²) in [4.78, 5) is 28.4. The number of nitrogens with zero attached hydrogens (tertiary/aromatic N) is 2. The maximum absolute atomic E-state index is 12.9. The SMILES string of the molecule is NC(=O)c1ccc(-c2ccc(C(=O)N3CCN4CCC3CC4)o2)cc1. The van der Waals surface area contributed by atoms with Crippen molar-refractivity contribution >= 4 is 11.8 Å². The Morgan fingerprint density at radius 2 is 1.68 bits per heavy atom. The number of rotatable bonds is 3. The molecule has 0 radical (unpaired) electrons. The van der Waals surface area contributed by atoms with Gasteiger partial charge >= 0.3 is 0 Å². The van der Waals surface area contributed by atoms with Crippen LogP contribution in [-0.2, 0) is 0 Å². The number of hydrogen-bond acceptors (Lipinski definition) is 4. The van der Waals surface area contributed by atoms with E-state index in [1.54, 1.807) is 36.4 Å². The summed E-state index contributed by atoms with van der Waals surface area (Å²) < 4.78 is 5.81. The van der Waals surface area contributed by atoms with E-state index in [4.69, 9.17) is 10.2 Å². The zero-order valence-electron chi connectivity index (χ0n) is 14.0. The Hall–Kier alpha value is -2.60. The third-order valence-electron chi connectivity index (χ3n) is 5.19. The highest BCUT2D eigenvalue weighted by molar-refractivity contribution is 5.94. The highest BCUT2D eigenvalue weighted by Gasteiger charge is 2.33. The van der Waals surface area contributed by atoms with E-state index in [9.17, 15) is 9.59 Å². The largest absolute Gasteiger partial charge is 0.451 e. The zero-order chi connectivity index (χ0) is 17.4. The second-order valence-corrected chi connectivity index (χ2v) is 6.68. The molecule has 3 saturated heterocycles. The average molecular weight is 339 g/mol. The zero-order valence-corrected chi connectivity index (χ0v) is 14.0. The van der Waals surface area contributed by atoms with Gasteiger partial charge in [-0.3, -0.25) is 9.59 Å². The van der Waals surface area contributed by atoms with Crippen LogP contribution < -0.4 is 5.73 Å². The molecule has 0 aliphatic carbocycles. The molecule has 1 aromatic heterocycles. The summed E-state index contributed by atoms with van der Waals surface area (Å²) in [5.41, 5.74) is 6.51. The first kappa shape index (κ1) is 15.9. The summed E-state index contributed by atoms with van der Waals surface area (Å²) >= 11 is 0. The van der Waals surface area contributed by atoms with Crippen LogP contribution in [0.25, 0.3) is 11.3 Å². The maximum atomic E-state index is 12.9. The Kier molecular flexibility index (Phi) is 4.05. The molecule has 3 aliphatic heterocycles. The molecule has 0 atom stereocenters. The van der Waals surface area contributed by atoms with Crippen LogP contribution in [-0.4, -0.2) is 53.8 Å². The lowest BCUT2D eigenvalue weighted by molar-refractivity contribution is 0.0653. The fourth-order valence-corrected chi connectivity index (χ4v) is 3.70. The Morgan fingerprint density at radius 3 is 2.36 bits per heavy atom. The maximum Gasteiger partial charge on any atom is 0.289 e. The van der Waals surface area contributed by atoms with Crippen molar-refractivity contribution < 1.29 is 14.0 Å². The summed E-state index contributed by atoms with van der Waals surface area (Å²) in [5, 5.41) is 0. The quantitative estimate of drug-likeness (QED) is 0.927. The van der Waals surface area contributed by atoms with Crippen LogP contribution in [0.15, 0.2) is 40.8 Å². The predicted molar refractivity (Wildman–Crippen MR) is 93.2 cm³/mol. The highest BCUT2D eigenvalue weighted by Crippen LogP contribution is 2.26. The number of furan rings is 1. The van der Waals surface area contributed by atoms with Crippen LogP contribution in [0.1, 0.15) is 33.8 Å². The fraction of sp³-hybridized carbons (Fsp3) is 0.368. The lowest BCUT2D eigenvalue weighted by Crippen LogP contribution is -2.41. The van der Waals surface area contributed by atoms with Crippen molar-refractivity contribution in [2.24, 2.45) is 5.73 Å². The van der Waals surface area contributed by atoms with Crippen molar-refractivity contribution in [3.63, 3.8) is 0 Å². The van der Waals surface area contributed by atoms with Gasteiger partial charge in [0.1, 0.15) is 5.76 Å². The molecule has 0 saturated carbocycles. The molecule has 0 unspecified atom stereocenters. The van der Waals surface area contributed by atoms with Gasteiger partial charge in [0.2, 0.25) is 5.91 Å². The van der Waals surface area contributed by atoms with Crippen molar-refractivity contribution in [1.82, 2.24) is 9.80 Å². The van der Waals surface area contributed by atoms with Crippen LogP contribution in [0.2, 0.25) is 0 Å². The van der Waals surface area contributed by atoms with Gasteiger partial charge in [-0.1, -0.05) is 12.1 Å². The van der Waals surface area contributed by atoms with E-state index in [1.165, 1.54) is 0 Å². The highest BCUT2D eigenvalue weighted by atomic mass is 16.4. The second-order valence-electron chi connectivity index (χ2n) is 6.68. The minimum atomic E-state index is -0.464. The lowest BCUT2D eigenvalue weighted by atomic mass is 10.1. The number of carbonyl (C=O) groups is 2. The molecule has 3 fully saturated rings. The predicted octanol–water partition coefficient (Wildman–Crippen LogP) is 1.97. The molecule has 1 aromatic carbocycles. The molecule has 2 amide bonds. The number of nitrogens with two attached hydrogens (primary N) is 1. The second kappa shape index (κ2) is 6.37. The van der Waals surface area contributed by atoms with Crippen LogP contribution in [0, 0.1) is 0 Å². The molecule has 2 bridgehead atoms. The van der Waals surface area contributed by atoms with E-state index in [0.717, 1.165) is 44.6 Å². The first-order valence-electron chi connectivity index (χ1n) is 8.65. The van der Waals surface area contributed by atoms with Gasteiger partial charge < -0.3 is 20.0 Å². The van der Waals surface area contributed by atoms with Gasteiger partial charge in [0, 0.05) is 43.3 Å². The average Bonchev–Trinajstić information content (AvgIpc) is 2.94. The Balaban J connectivity index is 1.54. The minimum absolute atomic E-state index is 0.0336. The van der Waals surface area contributed by atoms with E-state index in [-0.39, 0.29) is 5.91 Å². The molecule has 4 heterocycles. The Bertz CT molecular complexity index is 789. The number of benzene rings is 1. The molecular weight excluding hydrogens is 318 g/mol. The molecule has 0 spiro atoms. The summed E-state index contributed by atoms with van der Waals surface area (Å²) in [5.74, 6) is 0.485. The minimum Gasteiger partial charge on any atom is -0.451 e. The third kappa shape index (κ3) is 3.05. The van der Waals surface area contributed by atoms with Gasteiger partial charge in [-0.05, 0) is 37.1 Å². The summed E-state index contributed by atoms with van der Waals surface area (Å²) in [6.07, 6.45) is 2.07. The van der Waals surface area contributed by atoms with Gasteiger partial charge in [0.05, 0.1) is 0 Å². The van der Waals surface area contributed by atoms with Crippen LogP contribution in [0.3, 0.4) is 0 Å². The fourth-order valence-electron chi connectivity index (χ4n) is 3.70. The Morgan fingerprint density at radius 1 is 0.960 bits per heavy atom. The molecule has 3 aliphatic rings. The molecular formula is C19H21N3O3. The number of amides is 2. The monoisotopic (exact) mass is 339 g/mol. The van der Waals surface area contributed by atoms with E-state index < -0.39 is 5.91 Å². The van der Waals surface area contributed by atoms with Gasteiger partial charge in [0.15, 0.2) is 5.76 Å². The summed E-state index contributed by atoms with van der Waals surface area (Å²) in [6.45, 7) is 3.84. The number of piperidine rings is 1. The van der Waals surface area contributed by atoms with Crippen molar-refractivity contribution in [2.75, 3.05) is 26.2 Å². The number of carbonyl (C=O) groups excluding carboxylic acids is 2. The summed E-state index contributed by atoms with van der Waals surface area (Å²) in [6, 6.07) is 10.7. The van der Waals surface area contributed by atoms with E-state index >= 15 is 0 Å². The molecule has 2 N–H and O–H groups in total. The van der Waals surface area contributed by atoms with Crippen LogP contribution in [0.5, 0.6) is 0 Å². The normalized spacial score (nSPS) is 22.6. The van der Waals surface area contributed by atoms with Crippen molar-refractivity contribution in [2.45, 2.75) is 18.9 Å². The molecule has 6 nitrogen and oxygen atoms in total. The molecule has 6 heteroatoms. The van der Waals surface area contributed by atoms with E-state index in [0.29, 0.717) is 23.1 Å². The molecule has 25 heavy (non-hydrogen) atoms. The first-order chi connectivity index (χ1) is 12.1. The smallest absolute Gasteiger partial charge is 0.289 e. The van der Waals surface area contributed by atoms with Crippen molar-refractivity contribution in [3.8, 4) is 11.3 Å². The number of fused-ring (bicyclic) bond motifs is 4. The lowest BCUT2D eigenvalue weighted by Gasteiger charge is -2.30.